The lowest BCUT2D eigenvalue weighted by atomic mass is 9.82. The molecule has 0 atom stereocenters. The van der Waals surface area contributed by atoms with Crippen LogP contribution in [-0.2, 0) is 9.53 Å². The van der Waals surface area contributed by atoms with Crippen molar-refractivity contribution in [3.8, 4) is 5.75 Å². The molecule has 5 nitrogen and oxygen atoms in total. The van der Waals surface area contributed by atoms with Crippen molar-refractivity contribution in [1.82, 2.24) is 0 Å². The van der Waals surface area contributed by atoms with E-state index in [1.807, 2.05) is 24.3 Å². The second-order valence-corrected chi connectivity index (χ2v) is 7.06. The van der Waals surface area contributed by atoms with Crippen molar-refractivity contribution in [3.05, 3.63) is 24.3 Å². The van der Waals surface area contributed by atoms with E-state index in [1.54, 1.807) is 0 Å². The number of rotatable bonds is 5. The van der Waals surface area contributed by atoms with Crippen molar-refractivity contribution >= 4 is 11.6 Å². The Morgan fingerprint density at radius 3 is 2.50 bits per heavy atom. The smallest absolute Gasteiger partial charge is 0.244 e. The molecule has 132 valence electrons. The number of nitrogens with one attached hydrogen (secondary N) is 1. The quantitative estimate of drug-likeness (QED) is 0.869. The van der Waals surface area contributed by atoms with Gasteiger partial charge in [-0.15, -0.1) is 0 Å². The minimum Gasteiger partial charge on any atom is -0.493 e. The molecule has 0 aromatic heterocycles. The van der Waals surface area contributed by atoms with E-state index in [0.717, 1.165) is 69.8 Å². The van der Waals surface area contributed by atoms with E-state index in [-0.39, 0.29) is 5.91 Å². The summed E-state index contributed by atoms with van der Waals surface area (Å²) in [5.74, 6) is 1.33. The molecular weight excluding hydrogens is 304 g/mol. The number of nitrogens with two attached hydrogens (primary N) is 1. The zero-order valence-corrected chi connectivity index (χ0v) is 14.3. The highest BCUT2D eigenvalue weighted by Gasteiger charge is 2.35. The Bertz CT molecular complexity index is 532. The number of hydrogen-bond acceptors (Lipinski definition) is 4. The normalized spacial score (nSPS) is 21.2. The highest BCUT2D eigenvalue weighted by Crippen LogP contribution is 2.27. The number of anilines is 1. The van der Waals surface area contributed by atoms with Gasteiger partial charge in [-0.05, 0) is 55.9 Å². The molecule has 24 heavy (non-hydrogen) atoms. The van der Waals surface area contributed by atoms with Gasteiger partial charge >= 0.3 is 0 Å². The minimum absolute atomic E-state index is 0.0712. The predicted octanol–water partition coefficient (Wildman–Crippen LogP) is 3.09. The Kier molecular flexibility index (Phi) is 5.74. The maximum atomic E-state index is 12.4. The third-order valence-electron chi connectivity index (χ3n) is 5.14. The summed E-state index contributed by atoms with van der Waals surface area (Å²) in [6.07, 6.45) is 6.90. The van der Waals surface area contributed by atoms with Gasteiger partial charge in [-0.25, -0.2) is 0 Å². The molecule has 2 aliphatic rings. The fraction of sp³-hybridized carbons (Fsp3) is 0.632. The third kappa shape index (κ3) is 4.48. The summed E-state index contributed by atoms with van der Waals surface area (Å²) >= 11 is 0. The number of ether oxygens (including phenoxy) is 2. The van der Waals surface area contributed by atoms with Gasteiger partial charge in [0.15, 0.2) is 0 Å². The first kappa shape index (κ1) is 17.2. The summed E-state index contributed by atoms with van der Waals surface area (Å²) in [7, 11) is 0. The van der Waals surface area contributed by atoms with Gasteiger partial charge in [-0.3, -0.25) is 4.79 Å². The summed E-state index contributed by atoms with van der Waals surface area (Å²) in [5.41, 5.74) is 6.32. The van der Waals surface area contributed by atoms with Crippen molar-refractivity contribution < 1.29 is 14.3 Å². The first-order chi connectivity index (χ1) is 11.7. The van der Waals surface area contributed by atoms with Gasteiger partial charge in [0.25, 0.3) is 0 Å². The molecular formula is C19H28N2O3. The standard InChI is InChI=1S/C19H28N2O3/c20-19(10-2-1-3-11-19)18(22)21-16-4-6-17(7-5-16)24-14-15-8-12-23-13-9-15/h4-7,15H,1-3,8-14,20H2,(H,21,22). The molecule has 2 fully saturated rings. The van der Waals surface area contributed by atoms with Gasteiger partial charge < -0.3 is 20.5 Å². The van der Waals surface area contributed by atoms with Gasteiger partial charge in [0, 0.05) is 18.9 Å². The summed E-state index contributed by atoms with van der Waals surface area (Å²) < 4.78 is 11.2. The van der Waals surface area contributed by atoms with Crippen LogP contribution >= 0.6 is 0 Å². The van der Waals surface area contributed by atoms with Crippen molar-refractivity contribution in [3.63, 3.8) is 0 Å². The zero-order chi connectivity index (χ0) is 16.8. The Labute approximate surface area is 143 Å². The maximum absolute atomic E-state index is 12.4. The fourth-order valence-electron chi connectivity index (χ4n) is 3.43. The lowest BCUT2D eigenvalue weighted by Crippen LogP contribution is -2.52. The lowest BCUT2D eigenvalue weighted by molar-refractivity contribution is -0.122. The summed E-state index contributed by atoms with van der Waals surface area (Å²) in [4.78, 5) is 12.4. The molecule has 1 aromatic carbocycles. The van der Waals surface area contributed by atoms with E-state index in [0.29, 0.717) is 5.92 Å². The van der Waals surface area contributed by atoms with Crippen molar-refractivity contribution in [2.24, 2.45) is 11.7 Å². The van der Waals surface area contributed by atoms with E-state index in [1.165, 1.54) is 6.42 Å². The maximum Gasteiger partial charge on any atom is 0.244 e. The van der Waals surface area contributed by atoms with Crippen LogP contribution in [0.2, 0.25) is 0 Å². The number of carbonyl (C=O) groups is 1. The highest BCUT2D eigenvalue weighted by molar-refractivity contribution is 5.98. The average Bonchev–Trinajstić information content (AvgIpc) is 2.62. The summed E-state index contributed by atoms with van der Waals surface area (Å²) in [5, 5.41) is 2.95. The van der Waals surface area contributed by atoms with E-state index in [4.69, 9.17) is 15.2 Å². The summed E-state index contributed by atoms with van der Waals surface area (Å²) in [6, 6.07) is 7.56. The monoisotopic (exact) mass is 332 g/mol. The van der Waals surface area contributed by atoms with Crippen LogP contribution in [0.1, 0.15) is 44.9 Å². The number of hydrogen-bond donors (Lipinski definition) is 2. The minimum atomic E-state index is -0.712. The van der Waals surface area contributed by atoms with Gasteiger partial charge in [-0.2, -0.15) is 0 Å². The SMILES string of the molecule is NC1(C(=O)Nc2ccc(OCC3CCOCC3)cc2)CCCCC1. The van der Waals surface area contributed by atoms with Gasteiger partial charge in [0.05, 0.1) is 12.1 Å². The Morgan fingerprint density at radius 2 is 1.83 bits per heavy atom. The van der Waals surface area contributed by atoms with Crippen LogP contribution in [0.25, 0.3) is 0 Å². The van der Waals surface area contributed by atoms with Crippen LogP contribution in [0.4, 0.5) is 5.69 Å². The highest BCUT2D eigenvalue weighted by atomic mass is 16.5. The molecule has 1 aliphatic carbocycles. The molecule has 1 aromatic rings. The van der Waals surface area contributed by atoms with E-state index >= 15 is 0 Å². The van der Waals surface area contributed by atoms with Crippen LogP contribution in [0.5, 0.6) is 5.75 Å². The van der Waals surface area contributed by atoms with Gasteiger partial charge in [0.1, 0.15) is 5.75 Å². The van der Waals surface area contributed by atoms with Crippen LogP contribution in [0.3, 0.4) is 0 Å². The van der Waals surface area contributed by atoms with Crippen LogP contribution in [0.15, 0.2) is 24.3 Å². The van der Waals surface area contributed by atoms with Gasteiger partial charge in [-0.1, -0.05) is 19.3 Å². The molecule has 0 unspecified atom stereocenters. The molecule has 3 N–H and O–H groups in total. The molecule has 0 radical (unpaired) electrons. The molecule has 5 heteroatoms. The second-order valence-electron chi connectivity index (χ2n) is 7.06. The van der Waals surface area contributed by atoms with Crippen molar-refractivity contribution in [2.45, 2.75) is 50.5 Å². The first-order valence-corrected chi connectivity index (χ1v) is 9.07. The molecule has 3 rings (SSSR count). The number of benzene rings is 1. The molecule has 1 amide bonds. The van der Waals surface area contributed by atoms with Gasteiger partial charge in [0.2, 0.25) is 5.91 Å². The van der Waals surface area contributed by atoms with Crippen LogP contribution in [-0.4, -0.2) is 31.3 Å². The largest absolute Gasteiger partial charge is 0.493 e. The molecule has 1 aliphatic heterocycles. The number of amides is 1. The third-order valence-corrected chi connectivity index (χ3v) is 5.14. The fourth-order valence-corrected chi connectivity index (χ4v) is 3.43. The van der Waals surface area contributed by atoms with Crippen LogP contribution in [0, 0.1) is 5.92 Å². The second kappa shape index (κ2) is 7.99. The molecule has 1 saturated carbocycles. The topological polar surface area (TPSA) is 73.6 Å². The van der Waals surface area contributed by atoms with Crippen molar-refractivity contribution in [1.29, 1.82) is 0 Å². The Balaban J connectivity index is 1.49. The van der Waals surface area contributed by atoms with Crippen LogP contribution < -0.4 is 15.8 Å². The Morgan fingerprint density at radius 1 is 1.17 bits per heavy atom. The first-order valence-electron chi connectivity index (χ1n) is 9.07. The molecule has 1 heterocycles. The molecule has 1 saturated heterocycles. The number of carbonyl (C=O) groups excluding carboxylic acids is 1. The van der Waals surface area contributed by atoms with Crippen molar-refractivity contribution in [2.75, 3.05) is 25.1 Å². The molecule has 0 spiro atoms. The Hall–Kier alpha value is -1.59. The van der Waals surface area contributed by atoms with E-state index in [9.17, 15) is 4.79 Å². The summed E-state index contributed by atoms with van der Waals surface area (Å²) in [6.45, 7) is 2.39. The molecule has 0 bridgehead atoms. The average molecular weight is 332 g/mol. The lowest BCUT2D eigenvalue weighted by Gasteiger charge is -2.31. The van der Waals surface area contributed by atoms with E-state index in [2.05, 4.69) is 5.32 Å². The van der Waals surface area contributed by atoms with E-state index < -0.39 is 5.54 Å². The predicted molar refractivity (Wildman–Crippen MR) is 94.1 cm³/mol. The zero-order valence-electron chi connectivity index (χ0n) is 14.3.